The average molecular weight is 282 g/mol. The Morgan fingerprint density at radius 2 is 1.79 bits per heavy atom. The number of hydrogen-bond donors (Lipinski definition) is 1. The SMILES string of the molecule is NCCCN(C1CCCC1)S(=O)(=O)c1ccccc1. The maximum Gasteiger partial charge on any atom is 0.243 e. The van der Waals surface area contributed by atoms with Gasteiger partial charge in [0.15, 0.2) is 0 Å². The first-order valence-corrected chi connectivity index (χ1v) is 8.37. The third-order valence-electron chi connectivity index (χ3n) is 3.66. The van der Waals surface area contributed by atoms with Crippen molar-refractivity contribution in [1.29, 1.82) is 0 Å². The molecule has 19 heavy (non-hydrogen) atoms. The maximum absolute atomic E-state index is 12.7. The Bertz CT molecular complexity index is 481. The highest BCUT2D eigenvalue weighted by Crippen LogP contribution is 2.28. The predicted octanol–water partition coefficient (Wildman–Crippen LogP) is 1.97. The van der Waals surface area contributed by atoms with Gasteiger partial charge in [0.25, 0.3) is 0 Å². The zero-order chi connectivity index (χ0) is 13.7. The number of hydrogen-bond acceptors (Lipinski definition) is 3. The molecular weight excluding hydrogens is 260 g/mol. The van der Waals surface area contributed by atoms with Gasteiger partial charge in [-0.05, 0) is 37.9 Å². The molecule has 5 heteroatoms. The first-order valence-electron chi connectivity index (χ1n) is 6.93. The van der Waals surface area contributed by atoms with Crippen molar-refractivity contribution >= 4 is 10.0 Å². The van der Waals surface area contributed by atoms with E-state index in [1.54, 1.807) is 28.6 Å². The van der Waals surface area contributed by atoms with Crippen molar-refractivity contribution in [2.75, 3.05) is 13.1 Å². The molecule has 0 aliphatic heterocycles. The fourth-order valence-electron chi connectivity index (χ4n) is 2.67. The molecule has 0 amide bonds. The Hall–Kier alpha value is -0.910. The van der Waals surface area contributed by atoms with Gasteiger partial charge in [0, 0.05) is 12.6 Å². The molecule has 0 radical (unpaired) electrons. The van der Waals surface area contributed by atoms with Crippen LogP contribution in [0.4, 0.5) is 0 Å². The first-order chi connectivity index (χ1) is 9.16. The van der Waals surface area contributed by atoms with E-state index in [4.69, 9.17) is 5.73 Å². The van der Waals surface area contributed by atoms with Crippen LogP contribution in [0.25, 0.3) is 0 Å². The molecule has 1 aliphatic carbocycles. The van der Waals surface area contributed by atoms with Crippen molar-refractivity contribution in [2.24, 2.45) is 5.73 Å². The van der Waals surface area contributed by atoms with Gasteiger partial charge in [-0.1, -0.05) is 31.0 Å². The van der Waals surface area contributed by atoms with Gasteiger partial charge in [0.05, 0.1) is 4.90 Å². The molecule has 1 aromatic rings. The quantitative estimate of drug-likeness (QED) is 0.867. The van der Waals surface area contributed by atoms with Crippen LogP contribution in [0, 0.1) is 0 Å². The molecule has 0 saturated heterocycles. The normalized spacial score (nSPS) is 17.2. The molecule has 0 aromatic heterocycles. The minimum Gasteiger partial charge on any atom is -0.330 e. The fourth-order valence-corrected chi connectivity index (χ4v) is 4.41. The first kappa shape index (κ1) is 14.5. The van der Waals surface area contributed by atoms with Gasteiger partial charge in [-0.3, -0.25) is 0 Å². The van der Waals surface area contributed by atoms with E-state index in [1.165, 1.54) is 0 Å². The third-order valence-corrected chi connectivity index (χ3v) is 5.63. The van der Waals surface area contributed by atoms with Crippen LogP contribution in [-0.4, -0.2) is 31.9 Å². The Kier molecular flexibility index (Phi) is 4.96. The second kappa shape index (κ2) is 6.50. The highest BCUT2D eigenvalue weighted by Gasteiger charge is 2.32. The van der Waals surface area contributed by atoms with Gasteiger partial charge in [-0.2, -0.15) is 4.31 Å². The number of rotatable bonds is 6. The molecule has 1 saturated carbocycles. The van der Waals surface area contributed by atoms with E-state index in [-0.39, 0.29) is 6.04 Å². The topological polar surface area (TPSA) is 63.4 Å². The van der Waals surface area contributed by atoms with Crippen molar-refractivity contribution in [3.05, 3.63) is 30.3 Å². The van der Waals surface area contributed by atoms with Crippen molar-refractivity contribution in [1.82, 2.24) is 4.31 Å². The summed E-state index contributed by atoms with van der Waals surface area (Å²) in [5.74, 6) is 0. The van der Waals surface area contributed by atoms with E-state index in [9.17, 15) is 8.42 Å². The lowest BCUT2D eigenvalue weighted by Gasteiger charge is -2.28. The van der Waals surface area contributed by atoms with E-state index in [0.717, 1.165) is 25.7 Å². The summed E-state index contributed by atoms with van der Waals surface area (Å²) in [7, 11) is -3.38. The lowest BCUT2D eigenvalue weighted by atomic mass is 10.2. The van der Waals surface area contributed by atoms with Crippen molar-refractivity contribution in [3.8, 4) is 0 Å². The minimum atomic E-state index is -3.38. The molecule has 0 atom stereocenters. The van der Waals surface area contributed by atoms with Gasteiger partial charge in [0.1, 0.15) is 0 Å². The molecule has 0 unspecified atom stereocenters. The van der Waals surface area contributed by atoms with Gasteiger partial charge < -0.3 is 5.73 Å². The standard InChI is InChI=1S/C14H22N2O2S/c15-11-6-12-16(13-7-4-5-8-13)19(17,18)14-9-2-1-3-10-14/h1-3,9-10,13H,4-8,11-12,15H2. The van der Waals surface area contributed by atoms with E-state index >= 15 is 0 Å². The second-order valence-electron chi connectivity index (χ2n) is 5.01. The van der Waals surface area contributed by atoms with E-state index in [0.29, 0.717) is 24.4 Å². The number of nitrogens with zero attached hydrogens (tertiary/aromatic N) is 1. The second-order valence-corrected chi connectivity index (χ2v) is 6.90. The Balaban J connectivity index is 2.25. The fraction of sp³-hybridized carbons (Fsp3) is 0.571. The summed E-state index contributed by atoms with van der Waals surface area (Å²) in [5, 5.41) is 0. The molecule has 0 spiro atoms. The lowest BCUT2D eigenvalue weighted by Crippen LogP contribution is -2.40. The average Bonchev–Trinajstić information content (AvgIpc) is 2.94. The van der Waals surface area contributed by atoms with Crippen LogP contribution in [0.3, 0.4) is 0 Å². The smallest absolute Gasteiger partial charge is 0.243 e. The largest absolute Gasteiger partial charge is 0.330 e. The molecule has 1 aromatic carbocycles. The molecule has 2 rings (SSSR count). The molecule has 0 bridgehead atoms. The lowest BCUT2D eigenvalue weighted by molar-refractivity contribution is 0.320. The van der Waals surface area contributed by atoms with Gasteiger partial charge in [0.2, 0.25) is 10.0 Å². The van der Waals surface area contributed by atoms with Crippen molar-refractivity contribution in [2.45, 2.75) is 43.0 Å². The summed E-state index contributed by atoms with van der Waals surface area (Å²) in [5.41, 5.74) is 5.54. The Labute approximate surface area is 115 Å². The number of benzene rings is 1. The summed E-state index contributed by atoms with van der Waals surface area (Å²) in [6.07, 6.45) is 4.89. The molecule has 106 valence electrons. The van der Waals surface area contributed by atoms with Gasteiger partial charge >= 0.3 is 0 Å². The highest BCUT2D eigenvalue weighted by molar-refractivity contribution is 7.89. The van der Waals surface area contributed by atoms with Crippen LogP contribution in [0.5, 0.6) is 0 Å². The van der Waals surface area contributed by atoms with E-state index < -0.39 is 10.0 Å². The predicted molar refractivity (Wildman–Crippen MR) is 76.3 cm³/mol. The van der Waals surface area contributed by atoms with Crippen LogP contribution in [0.2, 0.25) is 0 Å². The van der Waals surface area contributed by atoms with E-state index in [2.05, 4.69) is 0 Å². The van der Waals surface area contributed by atoms with Crippen LogP contribution in [0.15, 0.2) is 35.2 Å². The third kappa shape index (κ3) is 3.35. The minimum absolute atomic E-state index is 0.150. The summed E-state index contributed by atoms with van der Waals surface area (Å²) in [6, 6.07) is 8.85. The van der Waals surface area contributed by atoms with Crippen molar-refractivity contribution < 1.29 is 8.42 Å². The number of nitrogens with two attached hydrogens (primary N) is 1. The summed E-state index contributed by atoms with van der Waals surface area (Å²) in [6.45, 7) is 1.05. The maximum atomic E-state index is 12.7. The molecule has 2 N–H and O–H groups in total. The monoisotopic (exact) mass is 282 g/mol. The van der Waals surface area contributed by atoms with E-state index in [1.807, 2.05) is 6.07 Å². The Morgan fingerprint density at radius 3 is 2.37 bits per heavy atom. The highest BCUT2D eigenvalue weighted by atomic mass is 32.2. The number of sulfonamides is 1. The van der Waals surface area contributed by atoms with Crippen LogP contribution < -0.4 is 5.73 Å². The molecular formula is C14H22N2O2S. The summed E-state index contributed by atoms with van der Waals surface area (Å²) >= 11 is 0. The van der Waals surface area contributed by atoms with Crippen LogP contribution in [-0.2, 0) is 10.0 Å². The molecule has 1 fully saturated rings. The molecule has 1 aliphatic rings. The van der Waals surface area contributed by atoms with Crippen LogP contribution in [0.1, 0.15) is 32.1 Å². The summed E-state index contributed by atoms with van der Waals surface area (Å²) < 4.78 is 27.1. The summed E-state index contributed by atoms with van der Waals surface area (Å²) in [4.78, 5) is 0.388. The van der Waals surface area contributed by atoms with Gasteiger partial charge in [-0.15, -0.1) is 0 Å². The Morgan fingerprint density at radius 1 is 1.16 bits per heavy atom. The zero-order valence-corrected chi connectivity index (χ0v) is 12.0. The van der Waals surface area contributed by atoms with Crippen molar-refractivity contribution in [3.63, 3.8) is 0 Å². The van der Waals surface area contributed by atoms with Gasteiger partial charge in [-0.25, -0.2) is 8.42 Å². The zero-order valence-electron chi connectivity index (χ0n) is 11.2. The van der Waals surface area contributed by atoms with Crippen LogP contribution >= 0.6 is 0 Å². The molecule has 0 heterocycles. The molecule has 4 nitrogen and oxygen atoms in total.